The van der Waals surface area contributed by atoms with Crippen LogP contribution in [-0.4, -0.2) is 12.7 Å². The first-order valence-electron chi connectivity index (χ1n) is 9.70. The number of carbonyl (C=O) groups is 1. The number of hydrogen-bond acceptors (Lipinski definition) is 5. The molecule has 0 fully saturated rings. The van der Waals surface area contributed by atoms with Crippen LogP contribution in [0.25, 0.3) is 0 Å². The van der Waals surface area contributed by atoms with E-state index >= 15 is 0 Å². The zero-order valence-electron chi connectivity index (χ0n) is 16.4. The van der Waals surface area contributed by atoms with Crippen molar-refractivity contribution in [2.75, 3.05) is 17.8 Å². The van der Waals surface area contributed by atoms with Crippen molar-refractivity contribution in [3.63, 3.8) is 0 Å². The maximum atomic E-state index is 12.6. The molecule has 0 aliphatic carbocycles. The first-order valence-corrected chi connectivity index (χ1v) is 9.70. The van der Waals surface area contributed by atoms with Crippen molar-refractivity contribution in [2.45, 2.75) is 12.5 Å². The molecule has 3 aromatic rings. The van der Waals surface area contributed by atoms with Crippen LogP contribution in [0, 0.1) is 0 Å². The molecule has 6 nitrogen and oxygen atoms in total. The molecule has 1 heterocycles. The largest absolute Gasteiger partial charge is 0.459 e. The molecular formula is C24H23N3O3. The van der Waals surface area contributed by atoms with Crippen LogP contribution in [0.3, 0.4) is 0 Å². The maximum absolute atomic E-state index is 12.6. The molecular weight excluding hydrogens is 378 g/mol. The predicted molar refractivity (Wildman–Crippen MR) is 116 cm³/mol. The van der Waals surface area contributed by atoms with Gasteiger partial charge in [-0.05, 0) is 41.8 Å². The van der Waals surface area contributed by atoms with Gasteiger partial charge < -0.3 is 25.8 Å². The van der Waals surface area contributed by atoms with Crippen LogP contribution >= 0.6 is 0 Å². The third-order valence-corrected chi connectivity index (χ3v) is 4.86. The van der Waals surface area contributed by atoms with Crippen molar-refractivity contribution in [2.24, 2.45) is 0 Å². The van der Waals surface area contributed by atoms with Crippen molar-refractivity contribution < 1.29 is 14.3 Å². The maximum Gasteiger partial charge on any atom is 0.255 e. The van der Waals surface area contributed by atoms with Crippen LogP contribution in [-0.2, 0) is 15.9 Å². The van der Waals surface area contributed by atoms with E-state index in [2.05, 4.69) is 22.8 Å². The highest BCUT2D eigenvalue weighted by molar-refractivity contribution is 6.05. The molecule has 1 amide bonds. The monoisotopic (exact) mass is 401 g/mol. The van der Waals surface area contributed by atoms with E-state index in [9.17, 15) is 4.79 Å². The van der Waals surface area contributed by atoms with Crippen LogP contribution < -0.4 is 16.4 Å². The van der Waals surface area contributed by atoms with Crippen LogP contribution in [0.4, 0.5) is 11.4 Å². The Morgan fingerprint density at radius 2 is 1.70 bits per heavy atom. The molecule has 30 heavy (non-hydrogen) atoms. The fourth-order valence-electron chi connectivity index (χ4n) is 3.26. The Kier molecular flexibility index (Phi) is 5.85. The van der Waals surface area contributed by atoms with E-state index in [4.69, 9.17) is 15.2 Å². The summed E-state index contributed by atoms with van der Waals surface area (Å²) in [5.41, 5.74) is 9.82. The SMILES string of the molecule is Nc1ccccc1NC(=O)c1ccc(C(Cc2ccccc2)NC2=COCO2)cc1. The van der Waals surface area contributed by atoms with Gasteiger partial charge in [-0.25, -0.2) is 0 Å². The van der Waals surface area contributed by atoms with Crippen LogP contribution in [0.2, 0.25) is 0 Å². The third-order valence-electron chi connectivity index (χ3n) is 4.86. The average molecular weight is 401 g/mol. The third kappa shape index (κ3) is 4.72. The second kappa shape index (κ2) is 9.05. The summed E-state index contributed by atoms with van der Waals surface area (Å²) in [5.74, 6) is 0.388. The molecule has 0 aromatic heterocycles. The topological polar surface area (TPSA) is 85.6 Å². The summed E-state index contributed by atoms with van der Waals surface area (Å²) in [7, 11) is 0. The molecule has 0 spiro atoms. The van der Waals surface area contributed by atoms with Gasteiger partial charge >= 0.3 is 0 Å². The van der Waals surface area contributed by atoms with Gasteiger partial charge in [0.1, 0.15) is 6.26 Å². The number of anilines is 2. The van der Waals surface area contributed by atoms with Crippen molar-refractivity contribution in [1.29, 1.82) is 0 Å². The molecule has 0 bridgehead atoms. The second-order valence-electron chi connectivity index (χ2n) is 6.96. The number of carbonyl (C=O) groups excluding carboxylic acids is 1. The van der Waals surface area contributed by atoms with Crippen LogP contribution in [0.1, 0.15) is 27.5 Å². The summed E-state index contributed by atoms with van der Waals surface area (Å²) in [6, 6.07) is 24.9. The van der Waals surface area contributed by atoms with E-state index < -0.39 is 0 Å². The lowest BCUT2D eigenvalue weighted by Crippen LogP contribution is -2.23. The lowest BCUT2D eigenvalue weighted by Gasteiger charge is -2.20. The fraction of sp³-hybridized carbons (Fsp3) is 0.125. The number of amides is 1. The number of hydrogen-bond donors (Lipinski definition) is 3. The Labute approximate surface area is 175 Å². The summed E-state index contributed by atoms with van der Waals surface area (Å²) in [5, 5.41) is 6.22. The van der Waals surface area contributed by atoms with Gasteiger partial charge in [0.2, 0.25) is 12.7 Å². The number of para-hydroxylation sites is 2. The van der Waals surface area contributed by atoms with Gasteiger partial charge in [0.05, 0.1) is 17.4 Å². The number of nitrogens with one attached hydrogen (secondary N) is 2. The van der Waals surface area contributed by atoms with Crippen molar-refractivity contribution in [3.8, 4) is 0 Å². The first kappa shape index (κ1) is 19.4. The standard InChI is InChI=1S/C24H23N3O3/c25-20-8-4-5-9-21(20)27-24(28)19-12-10-18(11-13-19)22(26-23-15-29-16-30-23)14-17-6-2-1-3-7-17/h1-13,15,22,26H,14,16,25H2,(H,27,28). The quantitative estimate of drug-likeness (QED) is 0.517. The fourth-order valence-corrected chi connectivity index (χ4v) is 3.26. The van der Waals surface area contributed by atoms with E-state index in [0.717, 1.165) is 12.0 Å². The summed E-state index contributed by atoms with van der Waals surface area (Å²) in [6.07, 6.45) is 2.33. The van der Waals surface area contributed by atoms with E-state index in [1.807, 2.05) is 54.6 Å². The van der Waals surface area contributed by atoms with Gasteiger partial charge in [0.25, 0.3) is 5.91 Å². The molecule has 1 aliphatic heterocycles. The molecule has 152 valence electrons. The normalized spacial score (nSPS) is 13.5. The minimum Gasteiger partial charge on any atom is -0.459 e. The van der Waals surface area contributed by atoms with E-state index in [1.165, 1.54) is 5.56 Å². The molecule has 1 atom stereocenters. The van der Waals surface area contributed by atoms with Crippen LogP contribution in [0.5, 0.6) is 0 Å². The Bertz CT molecular complexity index is 1030. The lowest BCUT2D eigenvalue weighted by molar-refractivity contribution is 0.0725. The van der Waals surface area contributed by atoms with Gasteiger partial charge in [-0.3, -0.25) is 4.79 Å². The molecule has 0 radical (unpaired) electrons. The Morgan fingerprint density at radius 3 is 2.40 bits per heavy atom. The van der Waals surface area contributed by atoms with Crippen molar-refractivity contribution in [3.05, 3.63) is 108 Å². The van der Waals surface area contributed by atoms with Gasteiger partial charge in [0, 0.05) is 5.56 Å². The highest BCUT2D eigenvalue weighted by atomic mass is 16.7. The highest BCUT2D eigenvalue weighted by Crippen LogP contribution is 2.23. The molecule has 0 saturated carbocycles. The number of nitrogens with two attached hydrogens (primary N) is 1. The van der Waals surface area contributed by atoms with Crippen LogP contribution in [0.15, 0.2) is 91.0 Å². The van der Waals surface area contributed by atoms with Gasteiger partial charge in [-0.2, -0.15) is 0 Å². The summed E-state index contributed by atoms with van der Waals surface area (Å²) in [6.45, 7) is 0.210. The second-order valence-corrected chi connectivity index (χ2v) is 6.96. The number of nitrogen functional groups attached to an aromatic ring is 1. The summed E-state index contributed by atoms with van der Waals surface area (Å²) >= 11 is 0. The molecule has 1 aliphatic rings. The Morgan fingerprint density at radius 1 is 0.967 bits per heavy atom. The lowest BCUT2D eigenvalue weighted by atomic mass is 9.97. The summed E-state index contributed by atoms with van der Waals surface area (Å²) in [4.78, 5) is 12.6. The van der Waals surface area contributed by atoms with Gasteiger partial charge in [0.15, 0.2) is 0 Å². The number of rotatable bonds is 7. The van der Waals surface area contributed by atoms with Gasteiger partial charge in [-0.1, -0.05) is 54.6 Å². The first-order chi connectivity index (χ1) is 14.7. The van der Waals surface area contributed by atoms with Crippen molar-refractivity contribution >= 4 is 17.3 Å². The molecule has 6 heteroatoms. The van der Waals surface area contributed by atoms with E-state index in [0.29, 0.717) is 22.8 Å². The summed E-state index contributed by atoms with van der Waals surface area (Å²) < 4.78 is 10.6. The number of ether oxygens (including phenoxy) is 2. The number of benzene rings is 3. The van der Waals surface area contributed by atoms with Gasteiger partial charge in [-0.15, -0.1) is 0 Å². The molecule has 1 unspecified atom stereocenters. The average Bonchev–Trinajstić information content (AvgIpc) is 3.29. The smallest absolute Gasteiger partial charge is 0.255 e. The zero-order valence-corrected chi connectivity index (χ0v) is 16.4. The molecule has 0 saturated heterocycles. The molecule has 4 N–H and O–H groups in total. The minimum atomic E-state index is -0.206. The zero-order chi connectivity index (χ0) is 20.8. The Hall–Kier alpha value is -3.93. The Balaban J connectivity index is 1.51. The van der Waals surface area contributed by atoms with E-state index in [-0.39, 0.29) is 18.7 Å². The minimum absolute atomic E-state index is 0.0396. The molecule has 3 aromatic carbocycles. The molecule has 4 rings (SSSR count). The predicted octanol–water partition coefficient (Wildman–Crippen LogP) is 4.20. The highest BCUT2D eigenvalue weighted by Gasteiger charge is 2.17. The van der Waals surface area contributed by atoms with Crippen molar-refractivity contribution in [1.82, 2.24) is 5.32 Å². The van der Waals surface area contributed by atoms with E-state index in [1.54, 1.807) is 18.4 Å².